The van der Waals surface area contributed by atoms with Gasteiger partial charge in [-0.1, -0.05) is 201 Å². The summed E-state index contributed by atoms with van der Waals surface area (Å²) in [6.07, 6.45) is 31.7. The van der Waals surface area contributed by atoms with Crippen molar-refractivity contribution in [2.45, 2.75) is 232 Å². The summed E-state index contributed by atoms with van der Waals surface area (Å²) in [5.41, 5.74) is 36.4. The second kappa shape index (κ2) is 43.8. The number of amides is 2. The second-order valence-electron chi connectivity index (χ2n) is 49.8. The van der Waals surface area contributed by atoms with Gasteiger partial charge < -0.3 is 74.4 Å². The Hall–Kier alpha value is -7.90. The molecule has 6 unspecified atom stereocenters. The Kier molecular flexibility index (Phi) is 31.5. The van der Waals surface area contributed by atoms with E-state index in [2.05, 4.69) is 215 Å². The Balaban J connectivity index is 0.0000000972. The van der Waals surface area contributed by atoms with E-state index in [0.29, 0.717) is 107 Å². The number of oxime groups is 1. The van der Waals surface area contributed by atoms with Gasteiger partial charge in [-0.3, -0.25) is 48.5 Å². The second-order valence-corrected chi connectivity index (χ2v) is 49.8. The number of hydrogen-bond acceptors (Lipinski definition) is 23. The molecule has 6 atom stereocenters. The van der Waals surface area contributed by atoms with Gasteiger partial charge in [-0.05, 0) is 276 Å². The Labute approximate surface area is 863 Å². The molecular formula is C120H171N17O8. The number of carbonyl (C=O) groups is 5. The summed E-state index contributed by atoms with van der Waals surface area (Å²) in [5.74, 6) is 4.63. The van der Waals surface area contributed by atoms with E-state index in [9.17, 15) is 24.0 Å². The topological polar surface area (TPSA) is 332 Å². The van der Waals surface area contributed by atoms with Crippen LogP contribution in [0.25, 0.3) is 0 Å². The fraction of sp³-hybridized carbons (Fsp3) is 0.650. The van der Waals surface area contributed by atoms with Gasteiger partial charge in [0.05, 0.1) is 62.5 Å². The van der Waals surface area contributed by atoms with E-state index in [1.165, 1.54) is 183 Å². The van der Waals surface area contributed by atoms with Crippen LogP contribution in [0.5, 0.6) is 0 Å². The van der Waals surface area contributed by atoms with Gasteiger partial charge in [0.2, 0.25) is 11.8 Å². The molecule has 12 saturated carbocycles. The van der Waals surface area contributed by atoms with Crippen molar-refractivity contribution in [3.8, 4) is 0 Å². The van der Waals surface area contributed by atoms with Gasteiger partial charge in [-0.15, -0.1) is 0 Å². The molecule has 15 N–H and O–H groups in total. The number of carbonyl (C=O) groups excluding carboxylic acids is 5. The van der Waals surface area contributed by atoms with E-state index in [4.69, 9.17) is 37.6 Å². The van der Waals surface area contributed by atoms with Gasteiger partial charge in [0.1, 0.15) is 0 Å². The summed E-state index contributed by atoms with van der Waals surface area (Å²) in [5, 5.41) is 31.6. The van der Waals surface area contributed by atoms with Crippen molar-refractivity contribution in [3.63, 3.8) is 0 Å². The Bertz CT molecular complexity index is 5190. The average Bonchev–Trinajstić information content (AvgIpc) is 1.55. The highest BCUT2D eigenvalue weighted by atomic mass is 16.7. The van der Waals surface area contributed by atoms with Crippen LogP contribution in [0.2, 0.25) is 0 Å². The first-order chi connectivity index (χ1) is 70.3. The number of nitrogens with zero attached hydrogens (tertiary/aromatic N) is 7. The number of likely N-dealkylation sites (tertiary alicyclic amines) is 6. The third kappa shape index (κ3) is 24.5. The van der Waals surface area contributed by atoms with E-state index >= 15 is 0 Å². The van der Waals surface area contributed by atoms with E-state index < -0.39 is 5.41 Å². The summed E-state index contributed by atoms with van der Waals surface area (Å²) in [6.45, 7) is 36.5. The van der Waals surface area contributed by atoms with E-state index in [1.807, 2.05) is 42.5 Å². The normalized spacial score (nSPS) is 29.7. The first-order valence-electron chi connectivity index (χ1n) is 56.3. The molecule has 0 radical (unpaired) electrons. The molecule has 13 heterocycles. The van der Waals surface area contributed by atoms with Gasteiger partial charge >= 0.3 is 0 Å². The Morgan fingerprint density at radius 3 is 1.14 bits per heavy atom. The molecule has 0 aromatic heterocycles. The van der Waals surface area contributed by atoms with Gasteiger partial charge in [0, 0.05) is 171 Å². The highest BCUT2D eigenvalue weighted by molar-refractivity contribution is 6.17. The molecule has 2 amide bonds. The van der Waals surface area contributed by atoms with Crippen molar-refractivity contribution >= 4 is 34.9 Å². The highest BCUT2D eigenvalue weighted by Gasteiger charge is 2.67. The first kappa shape index (κ1) is 104. The van der Waals surface area contributed by atoms with Crippen LogP contribution in [-0.2, 0) is 72.7 Å². The molecule has 13 saturated heterocycles. The monoisotopic (exact) mass is 1980 g/mol. The van der Waals surface area contributed by atoms with Crippen LogP contribution in [0.4, 0.5) is 0 Å². The number of ketones is 3. The van der Waals surface area contributed by atoms with Crippen LogP contribution in [0, 0.1) is 88.7 Å². The molecule has 13 aliphatic heterocycles. The van der Waals surface area contributed by atoms with Crippen molar-refractivity contribution in [3.05, 3.63) is 215 Å². The highest BCUT2D eigenvalue weighted by Crippen LogP contribution is 2.62. The summed E-state index contributed by atoms with van der Waals surface area (Å²) in [6, 6.07) is 63.9. The minimum Gasteiger partial charge on any atom is -0.411 e. The standard InChI is InChI=1S/C14H20N2.C14H19N.C13H14N2O2.C13H18N2.2C13H15NO.C8H13NO2.C7H14N2.C7H11NO.C6H12N2.C6H9NO.C6H11N/c15-8-13-10-16(11-14(13)6-7-14)9-12-4-2-1-3-5-12;1-12-9-15(11-14(12)7-8-14)10-13-5-3-2-4-6-13;16-12-13(6-7-13)11(14-17)9-15(12)8-10-4-2-1-3-5-10;14-12-9-15(10-13(12)6-7-13)8-11-4-2-1-3-5-11;2*15-12-9-14(10-13(12)6-7-13)8-11-4-2-1-3-5-11;1-2-7(1)5-9-6-8(7)10-3-4-11-8;8-3-6-4-9-5-7(6)1-2-7;1-5-4-8-6(9)7(5)2-3-7;7-5-3-8-4-6(5)1-2-6;8-5-3-7-4-6(5)1-2-6;1-2-6(1)3-4-7-5-6/h1-5,13H,6-11,15H2;2-6,12H,7-11H2,1H3;1-5,17H,6-9H2;1-5,12H,6-10,14H2;2*1-5H,6-10H2;9H,1-6H2;6,9H,1-5,8H2;5H,2-4H2,1H3,(H,8,9);5,8H,1-4,7H2;7H,1-4H2;7H,1-5H2/b;;14-11-;;;;;;;;;. The maximum absolute atomic E-state index is 12.2. The van der Waals surface area contributed by atoms with Crippen LogP contribution < -0.4 is 54.8 Å². The van der Waals surface area contributed by atoms with Crippen molar-refractivity contribution in [2.75, 3.05) is 170 Å². The zero-order chi connectivity index (χ0) is 100. The third-order valence-electron chi connectivity index (χ3n) is 39.2. The van der Waals surface area contributed by atoms with Gasteiger partial charge in [-0.25, -0.2) is 0 Å². The molecule has 145 heavy (non-hydrogen) atoms. The lowest BCUT2D eigenvalue weighted by Crippen LogP contribution is -2.40. The fourth-order valence-corrected chi connectivity index (χ4v) is 26.6. The third-order valence-corrected chi connectivity index (χ3v) is 39.2. The summed E-state index contributed by atoms with van der Waals surface area (Å²) in [4.78, 5) is 71.6. The van der Waals surface area contributed by atoms with Crippen molar-refractivity contribution in [1.29, 1.82) is 0 Å². The number of rotatable bonds is 14. The largest absolute Gasteiger partial charge is 0.411 e. The number of nitrogens with one attached hydrogen (secondary N) is 6. The fourth-order valence-electron chi connectivity index (χ4n) is 26.6. The lowest BCUT2D eigenvalue weighted by atomic mass is 9.93. The van der Waals surface area contributed by atoms with E-state index in [-0.39, 0.29) is 33.4 Å². The number of Topliss-reactive ketones (excluding diaryl/α,β-unsaturated/α-hetero) is 3. The summed E-state index contributed by atoms with van der Waals surface area (Å²) in [7, 11) is 0. The number of hydrogen-bond donors (Lipinski definition) is 11. The molecule has 25 aliphatic rings. The molecule has 25 fully saturated rings. The SMILES string of the molecule is C1CC2(CC2)CN1.C1COC2(CNCC23CC3)O1.CC1CN(Cc2ccccc2)CC12CC2.CC1CNC(=O)C12CC2.NC1CN(Cc2ccccc2)CC12CC2.NC1CNCC12CC2.NCC1CN(Cc2ccccc2)CC12CC2.NCC1CNCC12CC2.O=C1CN(Cc2ccccc2)CC12CC2.O=C1CN(Cc2ccccc2)CC12CC2.O=C1CNCC12CC2.O=C1N(Cc2ccccc2)C/C(=N/O)C12CC2. The zero-order valence-electron chi connectivity index (χ0n) is 87.3. The smallest absolute Gasteiger partial charge is 0.235 e. The number of ether oxygens (including phenoxy) is 2. The molecule has 0 bridgehead atoms. The van der Waals surface area contributed by atoms with Gasteiger partial charge in [0.25, 0.3) is 0 Å². The minimum absolute atomic E-state index is 0.0920. The predicted molar refractivity (Wildman–Crippen MR) is 571 cm³/mol. The van der Waals surface area contributed by atoms with Gasteiger partial charge in [0.15, 0.2) is 23.1 Å². The molecule has 784 valence electrons. The molecule has 25 heteroatoms. The predicted octanol–water partition coefficient (Wildman–Crippen LogP) is 12.7. The van der Waals surface area contributed by atoms with Crippen LogP contribution in [-0.4, -0.2) is 258 Å². The van der Waals surface area contributed by atoms with Gasteiger partial charge in [-0.2, -0.15) is 0 Å². The van der Waals surface area contributed by atoms with Crippen LogP contribution in [0.15, 0.2) is 187 Å². The molecule has 12 aliphatic carbocycles. The van der Waals surface area contributed by atoms with Crippen LogP contribution >= 0.6 is 0 Å². The summed E-state index contributed by atoms with van der Waals surface area (Å²) >= 11 is 0. The number of fused-ring (bicyclic) bond motifs is 1. The number of nitrogens with two attached hydrogens (primary N) is 4. The summed E-state index contributed by atoms with van der Waals surface area (Å²) < 4.78 is 11.4. The average molecular weight is 1980 g/mol. The lowest BCUT2D eigenvalue weighted by Gasteiger charge is -2.27. The molecule has 13 spiro atoms. The van der Waals surface area contributed by atoms with E-state index in [1.54, 1.807) is 4.90 Å². The molecular weight excluding hydrogens is 1810 g/mol. The Morgan fingerprint density at radius 2 is 0.814 bits per heavy atom. The molecule has 6 aromatic carbocycles. The lowest BCUT2D eigenvalue weighted by molar-refractivity contribution is -0.179. The van der Waals surface area contributed by atoms with Crippen LogP contribution in [0.1, 0.15) is 208 Å². The number of benzene rings is 6. The molecule has 25 nitrogen and oxygen atoms in total. The molecule has 6 aromatic rings. The quantitative estimate of drug-likeness (QED) is 0.0356. The van der Waals surface area contributed by atoms with Crippen molar-refractivity contribution in [1.82, 2.24) is 61.3 Å². The van der Waals surface area contributed by atoms with Crippen molar-refractivity contribution in [2.24, 2.45) is 117 Å². The minimum atomic E-state index is -0.441. The maximum atomic E-state index is 12.2. The zero-order valence-corrected chi connectivity index (χ0v) is 87.3. The maximum Gasteiger partial charge on any atom is 0.235 e. The van der Waals surface area contributed by atoms with E-state index in [0.717, 1.165) is 216 Å². The van der Waals surface area contributed by atoms with Crippen molar-refractivity contribution < 1.29 is 38.7 Å². The Morgan fingerprint density at radius 1 is 0.366 bits per heavy atom. The first-order valence-corrected chi connectivity index (χ1v) is 56.3. The van der Waals surface area contributed by atoms with Crippen LogP contribution in [0.3, 0.4) is 0 Å². The molecule has 31 rings (SSSR count).